The monoisotopic (exact) mass is 960 g/mol. The van der Waals surface area contributed by atoms with E-state index < -0.39 is 23.7 Å². The van der Waals surface area contributed by atoms with Crippen LogP contribution in [-0.4, -0.2) is 9.97 Å². The Morgan fingerprint density at radius 1 is 0.413 bits per heavy atom. The maximum Gasteiger partial charge on any atom is 1.00 e. The van der Waals surface area contributed by atoms with Gasteiger partial charge in [0.05, 0.1) is 11.4 Å². The molecule has 63 heavy (non-hydrogen) atoms. The summed E-state index contributed by atoms with van der Waals surface area (Å²) in [6.45, 7) is 6.49. The molecule has 0 amide bonds. The standard InChI is InChI=1S/C36H28OP2.C14H16N2.Cu.F6P/c1-5-17-29(18-6-1)38(30-19-7-2-8-20-30)35-27-15-13-25-33(35)37-34-26-14-16-28-36(34)39(31-21-9-3-10-22-31)32-23-11-4-12-24-32;1-14(2,3)13-9-6-8-12(16-13)11-7-4-5-10-15-11;;1-7(2,3,4,5)6/h1-28H;4-10H,1-3H3;;/q;;+1;-1/p+2. The quantitative estimate of drug-likeness (QED) is 0.0821. The Kier molecular flexibility index (Phi) is 15.9. The number of rotatable bonds is 9. The Balaban J connectivity index is 0.000000257. The molecule has 0 aliphatic carbocycles. The minimum atomic E-state index is -10.7. The Morgan fingerprint density at radius 2 is 0.746 bits per heavy atom. The molecule has 2 aromatic heterocycles. The van der Waals surface area contributed by atoms with E-state index in [2.05, 4.69) is 207 Å². The van der Waals surface area contributed by atoms with Crippen LogP contribution in [0.1, 0.15) is 26.5 Å². The third kappa shape index (κ3) is 15.5. The molecule has 0 aliphatic heterocycles. The molecule has 0 fully saturated rings. The first-order valence-electron chi connectivity index (χ1n) is 19.7. The van der Waals surface area contributed by atoms with E-state index in [1.54, 1.807) is 6.20 Å². The predicted molar refractivity (Wildman–Crippen MR) is 253 cm³/mol. The van der Waals surface area contributed by atoms with Crippen molar-refractivity contribution in [3.8, 4) is 22.9 Å². The number of halogens is 6. The average Bonchev–Trinajstić information content (AvgIpc) is 3.26. The Labute approximate surface area is 377 Å². The number of ether oxygens (including phenoxy) is 1. The van der Waals surface area contributed by atoms with Gasteiger partial charge in [-0.2, -0.15) is 0 Å². The second-order valence-electron chi connectivity index (χ2n) is 15.1. The van der Waals surface area contributed by atoms with Crippen molar-refractivity contribution in [2.24, 2.45) is 0 Å². The fourth-order valence-electron chi connectivity index (χ4n) is 6.53. The molecule has 3 nitrogen and oxygen atoms in total. The average molecular weight is 961 g/mol. The van der Waals surface area contributed by atoms with Crippen molar-refractivity contribution in [1.29, 1.82) is 0 Å². The largest absolute Gasteiger partial charge is 1.00 e. The van der Waals surface area contributed by atoms with Crippen LogP contribution in [0.25, 0.3) is 11.4 Å². The maximum absolute atomic E-state index is 10.7. The second kappa shape index (κ2) is 20.5. The molecule has 6 aromatic carbocycles. The van der Waals surface area contributed by atoms with Gasteiger partial charge in [0.1, 0.15) is 47.7 Å². The van der Waals surface area contributed by atoms with Crippen LogP contribution in [0.5, 0.6) is 11.5 Å². The number of pyridine rings is 2. The van der Waals surface area contributed by atoms with Crippen molar-refractivity contribution >= 4 is 55.5 Å². The number of hydrogen-bond acceptors (Lipinski definition) is 3. The Hall–Kier alpha value is -5.19. The van der Waals surface area contributed by atoms with Crippen molar-refractivity contribution in [3.05, 3.63) is 218 Å². The van der Waals surface area contributed by atoms with Crippen molar-refractivity contribution < 1.29 is 47.0 Å². The van der Waals surface area contributed by atoms with Gasteiger partial charge in [-0.3, -0.25) is 9.97 Å². The van der Waals surface area contributed by atoms with Crippen molar-refractivity contribution in [2.45, 2.75) is 26.2 Å². The van der Waals surface area contributed by atoms with Crippen molar-refractivity contribution in [2.75, 3.05) is 0 Å². The molecule has 0 aliphatic rings. The fourth-order valence-corrected chi connectivity index (χ4v) is 11.8. The van der Waals surface area contributed by atoms with Gasteiger partial charge in [0.25, 0.3) is 0 Å². The first-order chi connectivity index (χ1) is 29.4. The number of aromatic nitrogens is 2. The summed E-state index contributed by atoms with van der Waals surface area (Å²) < 4.78 is 66.1. The molecule has 328 valence electrons. The molecule has 0 bridgehead atoms. The van der Waals surface area contributed by atoms with Gasteiger partial charge in [-0.25, -0.2) is 0 Å². The van der Waals surface area contributed by atoms with Crippen molar-refractivity contribution in [3.63, 3.8) is 0 Å². The molecular weight excluding hydrogens is 915 g/mol. The topological polar surface area (TPSA) is 35.0 Å². The first-order valence-corrected chi connectivity index (χ1v) is 24.7. The van der Waals surface area contributed by atoms with Crippen LogP contribution in [-0.2, 0) is 22.5 Å². The summed E-state index contributed by atoms with van der Waals surface area (Å²) in [5, 5.41) is 7.88. The summed E-state index contributed by atoms with van der Waals surface area (Å²) in [6.07, 6.45) is 1.79. The molecule has 8 rings (SSSR count). The molecule has 0 saturated carbocycles. The van der Waals surface area contributed by atoms with E-state index in [1.165, 1.54) is 31.8 Å². The van der Waals surface area contributed by atoms with Gasteiger partial charge in [-0.15, -0.1) is 0 Å². The van der Waals surface area contributed by atoms with E-state index in [0.717, 1.165) is 28.6 Å². The minimum absolute atomic E-state index is 0. The SMILES string of the molecule is CC(C)(C)c1cccc(-c2ccccn2)n1.F[P-](F)(F)(F)(F)F.[Cu+].c1ccc([PH+](c2ccccc2)c2ccccc2Oc2ccccc2[PH+](c2ccccc2)c2ccccc2)cc1. The van der Waals surface area contributed by atoms with E-state index >= 15 is 0 Å². The molecule has 0 spiro atoms. The number of hydrogen-bond donors (Lipinski definition) is 0. The Bertz CT molecular complexity index is 2430. The molecule has 0 radical (unpaired) electrons. The van der Waals surface area contributed by atoms with Gasteiger partial charge >= 0.3 is 50.1 Å². The van der Waals surface area contributed by atoms with Crippen LogP contribution in [0.4, 0.5) is 25.2 Å². The summed E-state index contributed by atoms with van der Waals surface area (Å²) in [7, 11) is -13.2. The zero-order valence-corrected chi connectivity index (χ0v) is 38.4. The van der Waals surface area contributed by atoms with Crippen molar-refractivity contribution in [1.82, 2.24) is 9.97 Å². The van der Waals surface area contributed by atoms with Crippen LogP contribution in [0.2, 0.25) is 0 Å². The number of benzene rings is 6. The summed E-state index contributed by atoms with van der Waals surface area (Å²) in [5.74, 6) is 1.85. The van der Waals surface area contributed by atoms with Crippen LogP contribution >= 0.6 is 23.7 Å². The van der Waals surface area contributed by atoms with Gasteiger partial charge in [0, 0.05) is 17.3 Å². The van der Waals surface area contributed by atoms with E-state index in [9.17, 15) is 25.2 Å². The smallest absolute Gasteiger partial charge is 0.449 e. The summed E-state index contributed by atoms with van der Waals surface area (Å²) in [6, 6.07) is 72.5. The van der Waals surface area contributed by atoms with Gasteiger partial charge in [-0.1, -0.05) is 130 Å². The molecule has 8 aromatic rings. The summed E-state index contributed by atoms with van der Waals surface area (Å²) in [5.41, 5.74) is 3.03. The molecule has 0 atom stereocenters. The van der Waals surface area contributed by atoms with Crippen LogP contribution in [0.15, 0.2) is 212 Å². The summed E-state index contributed by atoms with van der Waals surface area (Å²) in [4.78, 5) is 8.96. The molecule has 0 N–H and O–H groups in total. The molecule has 13 heteroatoms. The first kappa shape index (κ1) is 48.8. The van der Waals surface area contributed by atoms with Gasteiger partial charge in [0.15, 0.2) is 11.5 Å². The predicted octanol–water partition coefficient (Wildman–Crippen LogP) is 13.3. The summed E-state index contributed by atoms with van der Waals surface area (Å²) >= 11 is 0. The number of nitrogens with zero attached hydrogens (tertiary/aromatic N) is 2. The third-order valence-electron chi connectivity index (χ3n) is 9.23. The van der Waals surface area contributed by atoms with Gasteiger partial charge < -0.3 is 4.74 Å². The van der Waals surface area contributed by atoms with Gasteiger partial charge in [-0.05, 0) is 97.1 Å². The zero-order valence-electron chi connectivity index (χ0n) is 34.5. The normalized spacial score (nSPS) is 12.3. The second-order valence-corrected chi connectivity index (χ2v) is 21.9. The van der Waals surface area contributed by atoms with E-state index in [-0.39, 0.29) is 22.5 Å². The van der Waals surface area contributed by atoms with E-state index in [0.29, 0.717) is 0 Å². The fraction of sp³-hybridized carbons (Fsp3) is 0.0800. The van der Waals surface area contributed by atoms with Gasteiger partial charge in [0.2, 0.25) is 0 Å². The number of para-hydroxylation sites is 2. The zero-order chi connectivity index (χ0) is 44.3. The molecule has 2 heterocycles. The minimum Gasteiger partial charge on any atom is -0.449 e. The molecule has 0 saturated heterocycles. The molecule has 0 unspecified atom stereocenters. The molecular formula is C50H46CuF6N2OP3+2. The third-order valence-corrected chi connectivity index (χ3v) is 14.8. The Morgan fingerprint density at radius 3 is 1.10 bits per heavy atom. The van der Waals surface area contributed by atoms with Crippen LogP contribution in [0.3, 0.4) is 0 Å². The van der Waals surface area contributed by atoms with Crippen LogP contribution in [0, 0.1) is 0 Å². The van der Waals surface area contributed by atoms with Crippen LogP contribution < -0.4 is 36.6 Å². The van der Waals surface area contributed by atoms with E-state index in [4.69, 9.17) is 4.74 Å². The van der Waals surface area contributed by atoms with E-state index in [1.807, 2.05) is 30.3 Å². The maximum atomic E-state index is 9.87.